The summed E-state index contributed by atoms with van der Waals surface area (Å²) >= 11 is 0. The van der Waals surface area contributed by atoms with E-state index in [0.717, 1.165) is 0 Å². The quantitative estimate of drug-likeness (QED) is 0.782. The van der Waals surface area contributed by atoms with Crippen LogP contribution in [0.5, 0.6) is 5.75 Å². The van der Waals surface area contributed by atoms with Crippen molar-refractivity contribution in [2.45, 2.75) is 6.42 Å². The Morgan fingerprint density at radius 2 is 2.07 bits per heavy atom. The summed E-state index contributed by atoms with van der Waals surface area (Å²) in [4.78, 5) is 4.03. The predicted octanol–water partition coefficient (Wildman–Crippen LogP) is 0.977. The minimum absolute atomic E-state index is 0.0393. The summed E-state index contributed by atoms with van der Waals surface area (Å²) in [6.45, 7) is -0.0393. The third-order valence-electron chi connectivity index (χ3n) is 1.94. The number of hydrogen-bond acceptors (Lipinski definition) is 5. The fraction of sp³-hybridized carbons (Fsp3) is 0.200. The van der Waals surface area contributed by atoms with Gasteiger partial charge in [0.1, 0.15) is 5.75 Å². The first kappa shape index (κ1) is 9.67. The number of para-hydroxylation sites is 1. The van der Waals surface area contributed by atoms with Crippen LogP contribution >= 0.6 is 0 Å². The molecule has 1 aromatic carbocycles. The number of aromatic hydroxyl groups is 1. The second-order valence-electron chi connectivity index (χ2n) is 3.00. The van der Waals surface area contributed by atoms with Crippen molar-refractivity contribution in [2.24, 2.45) is 0 Å². The Kier molecular flexibility index (Phi) is 2.64. The summed E-state index contributed by atoms with van der Waals surface area (Å²) in [6.07, 6.45) is 0.320. The van der Waals surface area contributed by atoms with E-state index < -0.39 is 0 Å². The van der Waals surface area contributed by atoms with Crippen molar-refractivity contribution in [3.8, 4) is 17.1 Å². The molecule has 0 bridgehead atoms. The number of aromatic nitrogens is 2. The van der Waals surface area contributed by atoms with Gasteiger partial charge < -0.3 is 14.7 Å². The predicted molar refractivity (Wildman–Crippen MR) is 52.2 cm³/mol. The number of phenolic OH excluding ortho intramolecular Hbond substituents is 1. The molecule has 15 heavy (non-hydrogen) atoms. The van der Waals surface area contributed by atoms with Crippen LogP contribution in [-0.2, 0) is 6.42 Å². The van der Waals surface area contributed by atoms with E-state index in [0.29, 0.717) is 23.7 Å². The van der Waals surface area contributed by atoms with Crippen LogP contribution in [0.2, 0.25) is 0 Å². The molecule has 1 heterocycles. The monoisotopic (exact) mass is 206 g/mol. The Labute approximate surface area is 86.0 Å². The van der Waals surface area contributed by atoms with Crippen LogP contribution in [-0.4, -0.2) is 27.0 Å². The maximum Gasteiger partial charge on any atom is 0.229 e. The Bertz CT molecular complexity index is 453. The Morgan fingerprint density at radius 3 is 2.80 bits per heavy atom. The van der Waals surface area contributed by atoms with Crippen LogP contribution < -0.4 is 0 Å². The smallest absolute Gasteiger partial charge is 0.229 e. The van der Waals surface area contributed by atoms with E-state index in [1.165, 1.54) is 0 Å². The fourth-order valence-electron chi connectivity index (χ4n) is 1.22. The zero-order valence-electron chi connectivity index (χ0n) is 7.92. The van der Waals surface area contributed by atoms with Gasteiger partial charge in [0.15, 0.2) is 0 Å². The van der Waals surface area contributed by atoms with Gasteiger partial charge in [0.25, 0.3) is 0 Å². The zero-order valence-corrected chi connectivity index (χ0v) is 7.92. The molecule has 2 rings (SSSR count). The normalized spacial score (nSPS) is 10.5. The maximum absolute atomic E-state index is 9.53. The summed E-state index contributed by atoms with van der Waals surface area (Å²) in [5.74, 6) is 0.793. The third kappa shape index (κ3) is 1.97. The largest absolute Gasteiger partial charge is 0.507 e. The first-order chi connectivity index (χ1) is 7.31. The number of rotatable bonds is 3. The minimum atomic E-state index is -0.0393. The lowest BCUT2D eigenvalue weighted by Gasteiger charge is -1.96. The van der Waals surface area contributed by atoms with E-state index in [9.17, 15) is 5.11 Å². The molecule has 2 N–H and O–H groups in total. The van der Waals surface area contributed by atoms with Crippen LogP contribution in [0, 0.1) is 0 Å². The lowest BCUT2D eigenvalue weighted by Crippen LogP contribution is -1.90. The van der Waals surface area contributed by atoms with Gasteiger partial charge >= 0.3 is 0 Å². The average Bonchev–Trinajstić information content (AvgIpc) is 2.68. The molecular weight excluding hydrogens is 196 g/mol. The van der Waals surface area contributed by atoms with E-state index in [-0.39, 0.29) is 12.4 Å². The molecule has 1 aromatic heterocycles. The first-order valence-corrected chi connectivity index (χ1v) is 4.53. The third-order valence-corrected chi connectivity index (χ3v) is 1.94. The Hall–Kier alpha value is -1.88. The van der Waals surface area contributed by atoms with Gasteiger partial charge in [0.05, 0.1) is 18.6 Å². The number of hydrogen-bond donors (Lipinski definition) is 2. The molecule has 0 fully saturated rings. The lowest BCUT2D eigenvalue weighted by atomic mass is 10.2. The molecule has 0 spiro atoms. The molecule has 0 aliphatic carbocycles. The fourth-order valence-corrected chi connectivity index (χ4v) is 1.22. The highest BCUT2D eigenvalue weighted by atomic mass is 16.5. The molecule has 0 saturated carbocycles. The van der Waals surface area contributed by atoms with Gasteiger partial charge in [-0.2, -0.15) is 4.98 Å². The van der Waals surface area contributed by atoms with Crippen molar-refractivity contribution >= 4 is 0 Å². The summed E-state index contributed by atoms with van der Waals surface area (Å²) in [7, 11) is 0. The molecule has 2 aromatic rings. The molecule has 0 aliphatic heterocycles. The van der Waals surface area contributed by atoms with Gasteiger partial charge in [-0.05, 0) is 12.1 Å². The van der Waals surface area contributed by atoms with Gasteiger partial charge in [-0.1, -0.05) is 17.3 Å². The van der Waals surface area contributed by atoms with E-state index in [1.54, 1.807) is 24.3 Å². The van der Waals surface area contributed by atoms with E-state index in [2.05, 4.69) is 10.1 Å². The highest BCUT2D eigenvalue weighted by Crippen LogP contribution is 2.25. The lowest BCUT2D eigenvalue weighted by molar-refractivity contribution is 0.274. The molecule has 78 valence electrons. The molecule has 0 aliphatic rings. The van der Waals surface area contributed by atoms with Crippen molar-refractivity contribution in [1.29, 1.82) is 0 Å². The second kappa shape index (κ2) is 4.10. The van der Waals surface area contributed by atoms with Crippen molar-refractivity contribution < 1.29 is 14.7 Å². The van der Waals surface area contributed by atoms with Crippen LogP contribution in [0.25, 0.3) is 11.4 Å². The summed E-state index contributed by atoms with van der Waals surface area (Å²) in [6, 6.07) is 6.74. The zero-order chi connectivity index (χ0) is 10.7. The van der Waals surface area contributed by atoms with Gasteiger partial charge in [-0.15, -0.1) is 0 Å². The Morgan fingerprint density at radius 1 is 1.27 bits per heavy atom. The minimum Gasteiger partial charge on any atom is -0.507 e. The number of aliphatic hydroxyl groups excluding tert-OH is 1. The molecule has 0 unspecified atom stereocenters. The number of benzene rings is 1. The molecule has 5 heteroatoms. The van der Waals surface area contributed by atoms with Gasteiger partial charge in [-0.3, -0.25) is 0 Å². The SMILES string of the molecule is OCCc1nc(-c2ccccc2O)no1. The first-order valence-electron chi connectivity index (χ1n) is 4.53. The van der Waals surface area contributed by atoms with Crippen molar-refractivity contribution in [3.63, 3.8) is 0 Å². The van der Waals surface area contributed by atoms with E-state index in [1.807, 2.05) is 0 Å². The van der Waals surface area contributed by atoms with Gasteiger partial charge in [-0.25, -0.2) is 0 Å². The van der Waals surface area contributed by atoms with Crippen LogP contribution in [0.1, 0.15) is 5.89 Å². The number of nitrogens with zero attached hydrogens (tertiary/aromatic N) is 2. The molecular formula is C10H10N2O3. The van der Waals surface area contributed by atoms with E-state index in [4.69, 9.17) is 9.63 Å². The topological polar surface area (TPSA) is 79.4 Å². The molecule has 0 atom stereocenters. The number of phenols is 1. The van der Waals surface area contributed by atoms with Crippen molar-refractivity contribution in [2.75, 3.05) is 6.61 Å². The van der Waals surface area contributed by atoms with Gasteiger partial charge in [0, 0.05) is 0 Å². The van der Waals surface area contributed by atoms with Gasteiger partial charge in [0.2, 0.25) is 11.7 Å². The summed E-state index contributed by atoms with van der Waals surface area (Å²) in [5.41, 5.74) is 0.519. The highest BCUT2D eigenvalue weighted by molar-refractivity contribution is 5.62. The van der Waals surface area contributed by atoms with Crippen LogP contribution in [0.3, 0.4) is 0 Å². The van der Waals surface area contributed by atoms with Crippen molar-refractivity contribution in [3.05, 3.63) is 30.2 Å². The summed E-state index contributed by atoms with van der Waals surface area (Å²) < 4.78 is 4.88. The standard InChI is InChI=1S/C10H10N2O3/c13-6-5-9-11-10(12-15-9)7-3-1-2-4-8(7)14/h1-4,13-14H,5-6H2. The molecule has 0 amide bonds. The summed E-state index contributed by atoms with van der Waals surface area (Å²) in [5, 5.41) is 21.9. The van der Waals surface area contributed by atoms with E-state index >= 15 is 0 Å². The maximum atomic E-state index is 9.53. The average molecular weight is 206 g/mol. The van der Waals surface area contributed by atoms with Crippen LogP contribution in [0.4, 0.5) is 0 Å². The molecule has 5 nitrogen and oxygen atoms in total. The molecule has 0 radical (unpaired) electrons. The van der Waals surface area contributed by atoms with Crippen LogP contribution in [0.15, 0.2) is 28.8 Å². The molecule has 0 saturated heterocycles. The highest BCUT2D eigenvalue weighted by Gasteiger charge is 2.10. The second-order valence-corrected chi connectivity index (χ2v) is 3.00. The number of aliphatic hydroxyl groups is 1. The van der Waals surface area contributed by atoms with Crippen molar-refractivity contribution in [1.82, 2.24) is 10.1 Å². The Balaban J connectivity index is 2.33.